The summed E-state index contributed by atoms with van der Waals surface area (Å²) in [6.07, 6.45) is 4.00. The Hall–Kier alpha value is -1.62. The van der Waals surface area contributed by atoms with Gasteiger partial charge in [0.1, 0.15) is 0 Å². The van der Waals surface area contributed by atoms with E-state index in [0.717, 1.165) is 18.5 Å². The van der Waals surface area contributed by atoms with E-state index >= 15 is 0 Å². The number of nitrogens with zero attached hydrogens (tertiary/aromatic N) is 2. The topological polar surface area (TPSA) is 54.5 Å². The van der Waals surface area contributed by atoms with E-state index in [1.165, 1.54) is 0 Å². The predicted molar refractivity (Wildman–Crippen MR) is 86.6 cm³/mol. The lowest BCUT2D eigenvalue weighted by atomic mass is 10.0. The molecular formula is C17H27N3O2. The molecular weight excluding hydrogens is 278 g/mol. The molecule has 0 radical (unpaired) electrons. The number of morpholine rings is 1. The lowest BCUT2D eigenvalue weighted by Gasteiger charge is -2.34. The van der Waals surface area contributed by atoms with Crippen LogP contribution in [-0.2, 0) is 4.74 Å². The summed E-state index contributed by atoms with van der Waals surface area (Å²) in [6.45, 7) is 8.27. The van der Waals surface area contributed by atoms with Gasteiger partial charge in [-0.15, -0.1) is 0 Å². The number of rotatable bonds is 5. The molecule has 0 aromatic carbocycles. The lowest BCUT2D eigenvalue weighted by molar-refractivity contribution is -0.0186. The van der Waals surface area contributed by atoms with Crippen molar-refractivity contribution >= 4 is 6.03 Å². The summed E-state index contributed by atoms with van der Waals surface area (Å²) in [7, 11) is 0. The molecule has 5 nitrogen and oxygen atoms in total. The van der Waals surface area contributed by atoms with Gasteiger partial charge in [-0.1, -0.05) is 33.3 Å². The maximum Gasteiger partial charge on any atom is 0.318 e. The van der Waals surface area contributed by atoms with Gasteiger partial charge in [-0.25, -0.2) is 4.79 Å². The molecule has 0 bridgehead atoms. The highest BCUT2D eigenvalue weighted by atomic mass is 16.5. The molecule has 1 aromatic heterocycles. The first-order valence-electron chi connectivity index (χ1n) is 8.19. The predicted octanol–water partition coefficient (Wildman–Crippen LogP) is 2.99. The molecule has 2 amide bonds. The van der Waals surface area contributed by atoms with Crippen molar-refractivity contribution in [3.05, 3.63) is 30.1 Å². The summed E-state index contributed by atoms with van der Waals surface area (Å²) in [5, 5.41) is 3.13. The number of pyridine rings is 1. The van der Waals surface area contributed by atoms with Crippen LogP contribution in [0.3, 0.4) is 0 Å². The summed E-state index contributed by atoms with van der Waals surface area (Å²) in [4.78, 5) is 18.8. The fourth-order valence-electron chi connectivity index (χ4n) is 2.77. The van der Waals surface area contributed by atoms with E-state index in [2.05, 4.69) is 31.1 Å². The largest absolute Gasteiger partial charge is 0.375 e. The fraction of sp³-hybridized carbons (Fsp3) is 0.647. The second-order valence-corrected chi connectivity index (χ2v) is 6.15. The highest BCUT2D eigenvalue weighted by Crippen LogP contribution is 2.20. The summed E-state index contributed by atoms with van der Waals surface area (Å²) < 4.78 is 5.70. The smallest absolute Gasteiger partial charge is 0.318 e. The highest BCUT2D eigenvalue weighted by Gasteiger charge is 2.27. The third-order valence-corrected chi connectivity index (χ3v) is 3.99. The van der Waals surface area contributed by atoms with E-state index in [4.69, 9.17) is 4.74 Å². The Balaban J connectivity index is 1.99. The third-order valence-electron chi connectivity index (χ3n) is 3.99. The zero-order chi connectivity index (χ0) is 15.9. The van der Waals surface area contributed by atoms with Gasteiger partial charge in [0.15, 0.2) is 0 Å². The number of hydrogen-bond acceptors (Lipinski definition) is 3. The molecule has 5 heteroatoms. The summed E-state index contributed by atoms with van der Waals surface area (Å²) >= 11 is 0. The molecule has 1 aliphatic heterocycles. The standard InChI is InChI=1S/C17H27N3O2/c1-4-7-14-12-20(10-11-22-14)17(21)19-16(13(2)3)15-8-5-6-9-18-15/h5-6,8-9,13-14,16H,4,7,10-12H2,1-3H3,(H,19,21)/t14-,16-/m0/s1. The maximum atomic E-state index is 12.6. The van der Waals surface area contributed by atoms with E-state index < -0.39 is 0 Å². The Bertz CT molecular complexity index is 462. The number of hydrogen-bond donors (Lipinski definition) is 1. The van der Waals surface area contributed by atoms with Crippen molar-refractivity contribution in [2.75, 3.05) is 19.7 Å². The van der Waals surface area contributed by atoms with Gasteiger partial charge in [-0.05, 0) is 24.5 Å². The van der Waals surface area contributed by atoms with Crippen molar-refractivity contribution in [3.63, 3.8) is 0 Å². The van der Waals surface area contributed by atoms with Crippen molar-refractivity contribution in [2.45, 2.75) is 45.8 Å². The van der Waals surface area contributed by atoms with E-state index in [1.807, 2.05) is 23.1 Å². The number of ether oxygens (including phenoxy) is 1. The first kappa shape index (κ1) is 16.7. The minimum Gasteiger partial charge on any atom is -0.375 e. The van der Waals surface area contributed by atoms with E-state index in [9.17, 15) is 4.79 Å². The van der Waals surface area contributed by atoms with Crippen molar-refractivity contribution in [1.82, 2.24) is 15.2 Å². The van der Waals surface area contributed by atoms with Gasteiger partial charge in [-0.3, -0.25) is 4.98 Å². The van der Waals surface area contributed by atoms with Crippen LogP contribution in [0.15, 0.2) is 24.4 Å². The maximum absolute atomic E-state index is 12.6. The summed E-state index contributed by atoms with van der Waals surface area (Å²) in [5.41, 5.74) is 0.907. The van der Waals surface area contributed by atoms with Gasteiger partial charge < -0.3 is 15.0 Å². The summed E-state index contributed by atoms with van der Waals surface area (Å²) in [5.74, 6) is 0.284. The number of carbonyl (C=O) groups excluding carboxylic acids is 1. The Kier molecular flexibility index (Phi) is 6.19. The van der Waals surface area contributed by atoms with Crippen molar-refractivity contribution in [2.24, 2.45) is 5.92 Å². The second kappa shape index (κ2) is 8.13. The fourth-order valence-corrected chi connectivity index (χ4v) is 2.77. The normalized spacial score (nSPS) is 20.0. The number of amides is 2. The molecule has 0 aliphatic carbocycles. The van der Waals surface area contributed by atoms with Crippen LogP contribution in [0, 0.1) is 5.92 Å². The Morgan fingerprint density at radius 2 is 2.32 bits per heavy atom. The SMILES string of the molecule is CCC[C@H]1CN(C(=O)N[C@H](c2ccccn2)C(C)C)CCO1. The van der Waals surface area contributed by atoms with Gasteiger partial charge in [0, 0.05) is 19.3 Å². The van der Waals surface area contributed by atoms with Crippen molar-refractivity contribution in [3.8, 4) is 0 Å². The lowest BCUT2D eigenvalue weighted by Crippen LogP contribution is -2.50. The molecule has 1 N–H and O–H groups in total. The molecule has 122 valence electrons. The molecule has 0 unspecified atom stereocenters. The van der Waals surface area contributed by atoms with Crippen LogP contribution in [0.1, 0.15) is 45.3 Å². The molecule has 0 saturated carbocycles. The number of nitrogens with one attached hydrogen (secondary N) is 1. The van der Waals surface area contributed by atoms with Crippen LogP contribution in [-0.4, -0.2) is 41.7 Å². The zero-order valence-corrected chi connectivity index (χ0v) is 13.8. The molecule has 1 fully saturated rings. The second-order valence-electron chi connectivity index (χ2n) is 6.15. The van der Waals surface area contributed by atoms with Gasteiger partial charge in [-0.2, -0.15) is 0 Å². The molecule has 2 heterocycles. The first-order valence-corrected chi connectivity index (χ1v) is 8.19. The van der Waals surface area contributed by atoms with Crippen molar-refractivity contribution < 1.29 is 9.53 Å². The molecule has 0 spiro atoms. The number of carbonyl (C=O) groups is 1. The monoisotopic (exact) mass is 305 g/mol. The van der Waals surface area contributed by atoms with Gasteiger partial charge in [0.05, 0.1) is 24.4 Å². The van der Waals surface area contributed by atoms with Crippen LogP contribution >= 0.6 is 0 Å². The first-order chi connectivity index (χ1) is 10.6. The van der Waals surface area contributed by atoms with Gasteiger partial charge in [0.2, 0.25) is 0 Å². The van der Waals surface area contributed by atoms with Crippen LogP contribution in [0.2, 0.25) is 0 Å². The Labute approximate surface area is 133 Å². The molecule has 2 atom stereocenters. The van der Waals surface area contributed by atoms with Gasteiger partial charge >= 0.3 is 6.03 Å². The quantitative estimate of drug-likeness (QED) is 0.910. The van der Waals surface area contributed by atoms with Crippen LogP contribution in [0.5, 0.6) is 0 Å². The van der Waals surface area contributed by atoms with Crippen LogP contribution < -0.4 is 5.32 Å². The highest BCUT2D eigenvalue weighted by molar-refractivity contribution is 5.74. The number of aromatic nitrogens is 1. The molecule has 1 aromatic rings. The summed E-state index contributed by atoms with van der Waals surface area (Å²) in [6, 6.07) is 5.72. The van der Waals surface area contributed by atoms with E-state index in [1.54, 1.807) is 6.20 Å². The average Bonchev–Trinajstić information content (AvgIpc) is 2.53. The molecule has 22 heavy (non-hydrogen) atoms. The van der Waals surface area contributed by atoms with E-state index in [-0.39, 0.29) is 24.1 Å². The van der Waals surface area contributed by atoms with Crippen LogP contribution in [0.4, 0.5) is 4.79 Å². The minimum atomic E-state index is -0.0684. The average molecular weight is 305 g/mol. The van der Waals surface area contributed by atoms with Crippen LogP contribution in [0.25, 0.3) is 0 Å². The molecule has 2 rings (SSSR count). The molecule has 1 aliphatic rings. The Morgan fingerprint density at radius 1 is 1.50 bits per heavy atom. The third kappa shape index (κ3) is 4.44. The van der Waals surface area contributed by atoms with E-state index in [0.29, 0.717) is 19.7 Å². The van der Waals surface area contributed by atoms with Crippen molar-refractivity contribution in [1.29, 1.82) is 0 Å². The number of urea groups is 1. The minimum absolute atomic E-state index is 0.0197. The molecule has 1 saturated heterocycles. The zero-order valence-electron chi connectivity index (χ0n) is 13.8. The van der Waals surface area contributed by atoms with Gasteiger partial charge in [0.25, 0.3) is 0 Å². The Morgan fingerprint density at radius 3 is 2.95 bits per heavy atom.